The van der Waals surface area contributed by atoms with Crippen LogP contribution < -0.4 is 15.1 Å². The molecular formula is C18H15ClN2O4. The van der Waals surface area contributed by atoms with Crippen LogP contribution >= 0.6 is 11.6 Å². The number of carbonyl (C=O) groups is 2. The molecule has 0 bridgehead atoms. The zero-order valence-electron chi connectivity index (χ0n) is 13.3. The smallest absolute Gasteiger partial charge is 0.259 e. The van der Waals surface area contributed by atoms with Gasteiger partial charge in [-0.25, -0.2) is 5.06 Å². The second-order valence-electron chi connectivity index (χ2n) is 5.93. The number of carbonyl (C=O) groups excluding carboxylic acids is 2. The number of methoxy groups -OCH3 is 1. The lowest BCUT2D eigenvalue weighted by Gasteiger charge is -2.27. The summed E-state index contributed by atoms with van der Waals surface area (Å²) in [7, 11) is 1.59. The molecule has 6 nitrogen and oxygen atoms in total. The molecule has 0 aliphatic carbocycles. The van der Waals surface area contributed by atoms with E-state index in [0.29, 0.717) is 10.8 Å². The number of rotatable bonds is 3. The van der Waals surface area contributed by atoms with Crippen molar-refractivity contribution in [3.63, 3.8) is 0 Å². The van der Waals surface area contributed by atoms with Gasteiger partial charge in [-0.05, 0) is 42.0 Å². The highest BCUT2D eigenvalue weighted by Crippen LogP contribution is 2.44. The minimum absolute atomic E-state index is 0.327. The Morgan fingerprint density at radius 1 is 1.04 bits per heavy atom. The molecule has 0 aromatic heterocycles. The molecule has 2 amide bonds. The van der Waals surface area contributed by atoms with Gasteiger partial charge in [-0.2, -0.15) is 0 Å². The fraction of sp³-hybridized carbons (Fsp3) is 0.222. The topological polar surface area (TPSA) is 67.9 Å². The molecule has 0 spiro atoms. The lowest BCUT2D eigenvalue weighted by Crippen LogP contribution is -2.33. The number of anilines is 1. The average molecular weight is 359 g/mol. The van der Waals surface area contributed by atoms with Gasteiger partial charge in [0.15, 0.2) is 6.10 Å². The van der Waals surface area contributed by atoms with Gasteiger partial charge in [0.25, 0.3) is 5.91 Å². The number of hydrogen-bond acceptors (Lipinski definition) is 5. The number of ether oxygens (including phenoxy) is 1. The van der Waals surface area contributed by atoms with Crippen LogP contribution in [0.3, 0.4) is 0 Å². The number of amides is 2. The van der Waals surface area contributed by atoms with Gasteiger partial charge >= 0.3 is 0 Å². The summed E-state index contributed by atoms with van der Waals surface area (Å²) < 4.78 is 5.19. The van der Waals surface area contributed by atoms with Gasteiger partial charge in [0.1, 0.15) is 11.7 Å². The predicted octanol–water partition coefficient (Wildman–Crippen LogP) is 2.48. The molecule has 25 heavy (non-hydrogen) atoms. The molecule has 2 aromatic carbocycles. The fourth-order valence-electron chi connectivity index (χ4n) is 3.29. The molecule has 2 fully saturated rings. The van der Waals surface area contributed by atoms with E-state index in [9.17, 15) is 9.59 Å². The molecule has 0 saturated carbocycles. The number of benzene rings is 2. The van der Waals surface area contributed by atoms with Crippen LogP contribution in [0.25, 0.3) is 0 Å². The molecule has 0 unspecified atom stereocenters. The van der Waals surface area contributed by atoms with Crippen LogP contribution in [0.1, 0.15) is 11.6 Å². The lowest BCUT2D eigenvalue weighted by atomic mass is 9.90. The van der Waals surface area contributed by atoms with E-state index in [1.807, 2.05) is 24.3 Å². The number of fused-ring (bicyclic) bond motifs is 1. The Labute approximate surface area is 149 Å². The minimum Gasteiger partial charge on any atom is -0.497 e. The average Bonchev–Trinajstić information content (AvgIpc) is 3.14. The largest absolute Gasteiger partial charge is 0.497 e. The number of halogens is 1. The van der Waals surface area contributed by atoms with Crippen molar-refractivity contribution in [1.82, 2.24) is 5.32 Å². The monoisotopic (exact) mass is 358 g/mol. The maximum absolute atomic E-state index is 12.3. The van der Waals surface area contributed by atoms with E-state index in [4.69, 9.17) is 21.2 Å². The minimum atomic E-state index is -0.838. The van der Waals surface area contributed by atoms with Crippen molar-refractivity contribution in [1.29, 1.82) is 0 Å². The highest BCUT2D eigenvalue weighted by atomic mass is 35.5. The molecule has 3 atom stereocenters. The van der Waals surface area contributed by atoms with E-state index in [0.717, 1.165) is 11.3 Å². The summed E-state index contributed by atoms with van der Waals surface area (Å²) in [5, 5.41) is 4.56. The summed E-state index contributed by atoms with van der Waals surface area (Å²) >= 11 is 5.96. The van der Waals surface area contributed by atoms with Gasteiger partial charge in [0, 0.05) is 5.02 Å². The highest BCUT2D eigenvalue weighted by molar-refractivity contribution is 6.30. The van der Waals surface area contributed by atoms with Gasteiger partial charge < -0.3 is 4.74 Å². The molecule has 2 saturated heterocycles. The third kappa shape index (κ3) is 2.63. The third-order valence-electron chi connectivity index (χ3n) is 4.49. The first-order valence-corrected chi connectivity index (χ1v) is 8.16. The van der Waals surface area contributed by atoms with E-state index < -0.39 is 24.0 Å². The van der Waals surface area contributed by atoms with Gasteiger partial charge in [-0.3, -0.25) is 19.7 Å². The predicted molar refractivity (Wildman–Crippen MR) is 91.2 cm³/mol. The van der Waals surface area contributed by atoms with Crippen LogP contribution in [0, 0.1) is 5.92 Å². The summed E-state index contributed by atoms with van der Waals surface area (Å²) in [5.74, 6) is -0.641. The van der Waals surface area contributed by atoms with E-state index in [2.05, 4.69) is 5.32 Å². The van der Waals surface area contributed by atoms with E-state index in [-0.39, 0.29) is 5.91 Å². The summed E-state index contributed by atoms with van der Waals surface area (Å²) in [6.45, 7) is 0. The van der Waals surface area contributed by atoms with Crippen LogP contribution in [-0.4, -0.2) is 25.0 Å². The van der Waals surface area contributed by atoms with Crippen molar-refractivity contribution < 1.29 is 19.2 Å². The number of hydroxylamine groups is 1. The van der Waals surface area contributed by atoms with Crippen molar-refractivity contribution in [2.24, 2.45) is 5.92 Å². The number of imide groups is 1. The van der Waals surface area contributed by atoms with Gasteiger partial charge in [-0.15, -0.1) is 0 Å². The molecular weight excluding hydrogens is 344 g/mol. The van der Waals surface area contributed by atoms with Crippen LogP contribution in [0.15, 0.2) is 48.5 Å². The Bertz CT molecular complexity index is 822. The standard InChI is InChI=1S/C18H15ClN2O4/c1-24-13-8-2-10(3-9-13)15-14-16(18(23)20-17(14)22)25-21(15)12-6-4-11(19)5-7-12/h2-9,14-16H,1H3,(H,20,22,23)/t14-,15-,16+/m0/s1. The Hall–Kier alpha value is -2.57. The molecule has 7 heteroatoms. The first kappa shape index (κ1) is 15.9. The Morgan fingerprint density at radius 3 is 2.36 bits per heavy atom. The van der Waals surface area contributed by atoms with Crippen molar-refractivity contribution in [3.8, 4) is 5.75 Å². The lowest BCUT2D eigenvalue weighted by molar-refractivity contribution is -0.129. The molecule has 4 rings (SSSR count). The van der Waals surface area contributed by atoms with Crippen molar-refractivity contribution in [2.45, 2.75) is 12.1 Å². The maximum Gasteiger partial charge on any atom is 0.259 e. The third-order valence-corrected chi connectivity index (χ3v) is 4.74. The van der Waals surface area contributed by atoms with Crippen molar-refractivity contribution >= 4 is 29.1 Å². The van der Waals surface area contributed by atoms with Crippen LogP contribution in [-0.2, 0) is 14.4 Å². The fourth-order valence-corrected chi connectivity index (χ4v) is 3.41. The zero-order chi connectivity index (χ0) is 17.6. The molecule has 2 heterocycles. The second-order valence-corrected chi connectivity index (χ2v) is 6.36. The summed E-state index contributed by atoms with van der Waals surface area (Å²) in [6.07, 6.45) is -0.838. The molecule has 2 aromatic rings. The molecule has 0 radical (unpaired) electrons. The number of nitrogens with zero attached hydrogens (tertiary/aromatic N) is 1. The summed E-state index contributed by atoms with van der Waals surface area (Å²) in [4.78, 5) is 30.2. The first-order chi connectivity index (χ1) is 12.1. The maximum atomic E-state index is 12.3. The van der Waals surface area contributed by atoms with E-state index >= 15 is 0 Å². The zero-order valence-corrected chi connectivity index (χ0v) is 14.1. The van der Waals surface area contributed by atoms with Crippen molar-refractivity contribution in [2.75, 3.05) is 12.2 Å². The highest BCUT2D eigenvalue weighted by Gasteiger charge is 2.56. The summed E-state index contributed by atoms with van der Waals surface area (Å²) in [5.41, 5.74) is 1.58. The molecule has 1 N–H and O–H groups in total. The quantitative estimate of drug-likeness (QED) is 0.854. The number of nitrogens with one attached hydrogen (secondary N) is 1. The van der Waals surface area contributed by atoms with Crippen LogP contribution in [0.2, 0.25) is 5.02 Å². The first-order valence-electron chi connectivity index (χ1n) is 7.79. The number of hydrogen-bond donors (Lipinski definition) is 1. The SMILES string of the molecule is COc1ccc([C@H]2[C@@H]3C(=O)NC(=O)[C@@H]3ON2c2ccc(Cl)cc2)cc1. The van der Waals surface area contributed by atoms with E-state index in [1.54, 1.807) is 36.4 Å². The Kier molecular flexibility index (Phi) is 3.86. The molecule has 2 aliphatic heterocycles. The Balaban J connectivity index is 1.77. The molecule has 2 aliphatic rings. The summed E-state index contributed by atoms with van der Waals surface area (Å²) in [6, 6.07) is 14.0. The Morgan fingerprint density at radius 2 is 1.72 bits per heavy atom. The molecule has 128 valence electrons. The van der Waals surface area contributed by atoms with E-state index in [1.165, 1.54) is 0 Å². The van der Waals surface area contributed by atoms with Crippen molar-refractivity contribution in [3.05, 3.63) is 59.1 Å². The normalized spacial score (nSPS) is 25.0. The van der Waals surface area contributed by atoms with Gasteiger partial charge in [0.05, 0.1) is 18.8 Å². The van der Waals surface area contributed by atoms with Gasteiger partial charge in [-0.1, -0.05) is 23.7 Å². The van der Waals surface area contributed by atoms with Gasteiger partial charge in [0.2, 0.25) is 5.91 Å². The second kappa shape index (κ2) is 6.06. The van der Waals surface area contributed by atoms with Crippen LogP contribution in [0.4, 0.5) is 5.69 Å². The van der Waals surface area contributed by atoms with Crippen LogP contribution in [0.5, 0.6) is 5.75 Å².